The smallest absolute Gasteiger partial charge is 0.212 e. The minimum Gasteiger partial charge on any atom is -0.490 e. The molecule has 1 aromatic heterocycles. The van der Waals surface area contributed by atoms with Crippen molar-refractivity contribution in [3.63, 3.8) is 0 Å². The third-order valence-corrected chi connectivity index (χ3v) is 3.53. The van der Waals surface area contributed by atoms with Crippen LogP contribution in [0.15, 0.2) is 42.6 Å². The van der Waals surface area contributed by atoms with E-state index in [2.05, 4.69) is 4.98 Å². The molecule has 1 fully saturated rings. The van der Waals surface area contributed by atoms with E-state index in [1.54, 1.807) is 19.4 Å². The number of nitrogens with zero attached hydrogens (tertiary/aromatic N) is 1. The molecular formula is C17H19NO3. The van der Waals surface area contributed by atoms with Crippen molar-refractivity contribution < 1.29 is 14.6 Å². The molecule has 0 bridgehead atoms. The van der Waals surface area contributed by atoms with Gasteiger partial charge in [0, 0.05) is 18.7 Å². The second kappa shape index (κ2) is 6.14. The highest BCUT2D eigenvalue weighted by molar-refractivity contribution is 5.30. The topological polar surface area (TPSA) is 51.6 Å². The van der Waals surface area contributed by atoms with Gasteiger partial charge in [-0.25, -0.2) is 4.98 Å². The Morgan fingerprint density at radius 2 is 1.95 bits per heavy atom. The Kier molecular flexibility index (Phi) is 4.06. The largest absolute Gasteiger partial charge is 0.490 e. The van der Waals surface area contributed by atoms with Gasteiger partial charge in [0.15, 0.2) is 0 Å². The lowest BCUT2D eigenvalue weighted by atomic mass is 10.0. The van der Waals surface area contributed by atoms with Crippen molar-refractivity contribution in [1.29, 1.82) is 0 Å². The summed E-state index contributed by atoms with van der Waals surface area (Å²) in [6.07, 6.45) is 4.40. The fourth-order valence-electron chi connectivity index (χ4n) is 2.14. The summed E-state index contributed by atoms with van der Waals surface area (Å²) in [7, 11) is 1.59. The van der Waals surface area contributed by atoms with Gasteiger partial charge in [-0.2, -0.15) is 0 Å². The van der Waals surface area contributed by atoms with E-state index >= 15 is 0 Å². The number of hydrogen-bond donors (Lipinski definition) is 1. The molecule has 0 aliphatic heterocycles. The quantitative estimate of drug-likeness (QED) is 0.886. The van der Waals surface area contributed by atoms with Gasteiger partial charge in [0.2, 0.25) is 5.88 Å². The van der Waals surface area contributed by atoms with E-state index in [1.807, 2.05) is 30.3 Å². The van der Waals surface area contributed by atoms with Crippen LogP contribution in [0.2, 0.25) is 0 Å². The number of ether oxygens (including phenoxy) is 2. The van der Waals surface area contributed by atoms with Gasteiger partial charge < -0.3 is 14.6 Å². The maximum atomic E-state index is 10.3. The fourth-order valence-corrected chi connectivity index (χ4v) is 2.14. The van der Waals surface area contributed by atoms with Gasteiger partial charge >= 0.3 is 0 Å². The molecule has 2 aromatic rings. The maximum absolute atomic E-state index is 10.3. The number of aliphatic hydroxyl groups is 1. The first kappa shape index (κ1) is 13.9. The lowest BCUT2D eigenvalue weighted by Gasteiger charge is -2.12. The van der Waals surface area contributed by atoms with Crippen molar-refractivity contribution >= 4 is 0 Å². The number of aromatic nitrogens is 1. The van der Waals surface area contributed by atoms with Gasteiger partial charge in [-0.15, -0.1) is 0 Å². The van der Waals surface area contributed by atoms with E-state index < -0.39 is 6.10 Å². The van der Waals surface area contributed by atoms with E-state index in [0.717, 1.165) is 29.7 Å². The van der Waals surface area contributed by atoms with Crippen LogP contribution in [0.25, 0.3) is 0 Å². The molecule has 1 aliphatic rings. The molecule has 0 spiro atoms. The summed E-state index contributed by atoms with van der Waals surface area (Å²) < 4.78 is 10.7. The first-order valence-electron chi connectivity index (χ1n) is 7.18. The minimum absolute atomic E-state index is 0.395. The molecule has 4 nitrogen and oxygen atoms in total. The van der Waals surface area contributed by atoms with Crippen molar-refractivity contribution in [1.82, 2.24) is 4.98 Å². The number of benzene rings is 1. The van der Waals surface area contributed by atoms with Gasteiger partial charge in [-0.1, -0.05) is 18.2 Å². The summed E-state index contributed by atoms with van der Waals surface area (Å²) in [4.78, 5) is 4.14. The van der Waals surface area contributed by atoms with E-state index in [9.17, 15) is 5.11 Å². The molecule has 1 unspecified atom stereocenters. The Balaban J connectivity index is 1.61. The number of methoxy groups -OCH3 is 1. The highest BCUT2D eigenvalue weighted by atomic mass is 16.5. The number of hydrogen-bond acceptors (Lipinski definition) is 4. The van der Waals surface area contributed by atoms with Crippen LogP contribution in [0, 0.1) is 0 Å². The SMILES string of the molecule is COc1ccc(CC(O)c2ccc(OC3CC3)cc2)cn1. The minimum atomic E-state index is -0.546. The van der Waals surface area contributed by atoms with Crippen LogP contribution in [-0.2, 0) is 6.42 Å². The maximum Gasteiger partial charge on any atom is 0.212 e. The van der Waals surface area contributed by atoms with Gasteiger partial charge in [-0.3, -0.25) is 0 Å². The van der Waals surface area contributed by atoms with E-state index in [-0.39, 0.29) is 0 Å². The highest BCUT2D eigenvalue weighted by Gasteiger charge is 2.23. The van der Waals surface area contributed by atoms with Crippen LogP contribution >= 0.6 is 0 Å². The lowest BCUT2D eigenvalue weighted by Crippen LogP contribution is -2.03. The van der Waals surface area contributed by atoms with Crippen LogP contribution < -0.4 is 9.47 Å². The molecule has 1 heterocycles. The van der Waals surface area contributed by atoms with E-state index in [1.165, 1.54) is 0 Å². The third-order valence-electron chi connectivity index (χ3n) is 3.53. The average Bonchev–Trinajstić information content (AvgIpc) is 3.33. The zero-order valence-corrected chi connectivity index (χ0v) is 12.0. The molecule has 110 valence electrons. The Hall–Kier alpha value is -2.07. The van der Waals surface area contributed by atoms with Crippen molar-refractivity contribution in [2.24, 2.45) is 0 Å². The number of pyridine rings is 1. The van der Waals surface area contributed by atoms with Crippen LogP contribution in [0.5, 0.6) is 11.6 Å². The highest BCUT2D eigenvalue weighted by Crippen LogP contribution is 2.28. The van der Waals surface area contributed by atoms with E-state index in [0.29, 0.717) is 18.4 Å². The van der Waals surface area contributed by atoms with Crippen LogP contribution in [-0.4, -0.2) is 23.3 Å². The molecular weight excluding hydrogens is 266 g/mol. The zero-order chi connectivity index (χ0) is 14.7. The van der Waals surface area contributed by atoms with Gasteiger partial charge in [-0.05, 0) is 36.1 Å². The molecule has 1 saturated carbocycles. The third kappa shape index (κ3) is 3.73. The molecule has 0 radical (unpaired) electrons. The van der Waals surface area contributed by atoms with E-state index in [4.69, 9.17) is 9.47 Å². The summed E-state index contributed by atoms with van der Waals surface area (Å²) in [6.45, 7) is 0. The summed E-state index contributed by atoms with van der Waals surface area (Å²) in [5.41, 5.74) is 1.86. The van der Waals surface area contributed by atoms with Gasteiger partial charge in [0.1, 0.15) is 5.75 Å². The lowest BCUT2D eigenvalue weighted by molar-refractivity contribution is 0.178. The second-order valence-corrected chi connectivity index (χ2v) is 5.31. The molecule has 1 aliphatic carbocycles. The summed E-state index contributed by atoms with van der Waals surface area (Å²) in [5.74, 6) is 1.45. The van der Waals surface area contributed by atoms with Crippen LogP contribution in [0.3, 0.4) is 0 Å². The monoisotopic (exact) mass is 285 g/mol. The van der Waals surface area contributed by atoms with Gasteiger partial charge in [0.25, 0.3) is 0 Å². The molecule has 0 amide bonds. The second-order valence-electron chi connectivity index (χ2n) is 5.31. The van der Waals surface area contributed by atoms with Crippen LogP contribution in [0.4, 0.5) is 0 Å². The standard InChI is InChI=1S/C17H19NO3/c1-20-17-9-2-12(11-18-17)10-16(19)13-3-5-14(6-4-13)21-15-7-8-15/h2-6,9,11,15-16,19H,7-8,10H2,1H3. The predicted molar refractivity (Wildman–Crippen MR) is 79.5 cm³/mol. The molecule has 1 aromatic carbocycles. The number of rotatable bonds is 6. The van der Waals surface area contributed by atoms with Crippen LogP contribution in [0.1, 0.15) is 30.1 Å². The molecule has 4 heteroatoms. The Morgan fingerprint density at radius 3 is 2.52 bits per heavy atom. The number of aliphatic hydroxyl groups excluding tert-OH is 1. The molecule has 1 N–H and O–H groups in total. The summed E-state index contributed by atoms with van der Waals surface area (Å²) >= 11 is 0. The van der Waals surface area contributed by atoms with Crippen molar-refractivity contribution in [2.45, 2.75) is 31.5 Å². The molecule has 1 atom stereocenters. The van der Waals surface area contributed by atoms with Gasteiger partial charge in [0.05, 0.1) is 19.3 Å². The molecule has 0 saturated heterocycles. The first-order chi connectivity index (χ1) is 10.2. The normalized spacial score (nSPS) is 15.5. The summed E-state index contributed by atoms with van der Waals surface area (Å²) in [5, 5.41) is 10.3. The van der Waals surface area contributed by atoms with Crippen molar-refractivity contribution in [2.75, 3.05) is 7.11 Å². The Bertz CT molecular complexity index is 576. The predicted octanol–water partition coefficient (Wildman–Crippen LogP) is 2.91. The summed E-state index contributed by atoms with van der Waals surface area (Å²) in [6, 6.07) is 11.4. The zero-order valence-electron chi connectivity index (χ0n) is 12.0. The first-order valence-corrected chi connectivity index (χ1v) is 7.18. The Labute approximate surface area is 124 Å². The fraction of sp³-hybridized carbons (Fsp3) is 0.353. The van der Waals surface area contributed by atoms with Crippen molar-refractivity contribution in [3.8, 4) is 11.6 Å². The Morgan fingerprint density at radius 1 is 1.19 bits per heavy atom. The van der Waals surface area contributed by atoms with Crippen molar-refractivity contribution in [3.05, 3.63) is 53.7 Å². The molecule has 21 heavy (non-hydrogen) atoms. The average molecular weight is 285 g/mol. The molecule has 3 rings (SSSR count).